The smallest absolute Gasteiger partial charge is 0.481 e. The van der Waals surface area contributed by atoms with Crippen LogP contribution >= 0.6 is 11.6 Å². The van der Waals surface area contributed by atoms with E-state index < -0.39 is 42.5 Å². The molecule has 1 heterocycles. The number of alkyl halides is 3. The van der Waals surface area contributed by atoms with Crippen molar-refractivity contribution >= 4 is 23.7 Å². The quantitative estimate of drug-likeness (QED) is 0.343. The minimum Gasteiger partial charge on any atom is -0.481 e. The van der Waals surface area contributed by atoms with Gasteiger partial charge >= 0.3 is 18.5 Å². The Morgan fingerprint density at radius 1 is 1.11 bits per heavy atom. The third-order valence-corrected chi connectivity index (χ3v) is 5.27. The summed E-state index contributed by atoms with van der Waals surface area (Å²) in [7, 11) is 0. The SMILES string of the molecule is CC(OC(=O)OCC(C)(C)C(=O)O)n1nc(C#N)c(-c2cc(Cl)cc(-c3ccc(OC(F)(F)F)cc3)c2)n1. The summed E-state index contributed by atoms with van der Waals surface area (Å²) in [5, 5.41) is 27.2. The number of carboxylic acid groups (broad SMARTS) is 1. The average Bonchev–Trinajstić information content (AvgIpc) is 3.27. The Morgan fingerprint density at radius 2 is 1.74 bits per heavy atom. The van der Waals surface area contributed by atoms with Gasteiger partial charge in [0.05, 0.1) is 5.41 Å². The van der Waals surface area contributed by atoms with Crippen LogP contribution in [0.25, 0.3) is 22.4 Å². The van der Waals surface area contributed by atoms with E-state index in [0.717, 1.165) is 16.9 Å². The second-order valence-electron chi connectivity index (χ2n) is 8.58. The number of nitrogens with zero attached hydrogens (tertiary/aromatic N) is 4. The van der Waals surface area contributed by atoms with E-state index in [2.05, 4.69) is 14.9 Å². The summed E-state index contributed by atoms with van der Waals surface area (Å²) in [6.45, 7) is 3.71. The molecule has 14 heteroatoms. The third-order valence-electron chi connectivity index (χ3n) is 5.05. The normalized spacial score (nSPS) is 12.4. The predicted octanol–water partition coefficient (Wildman–Crippen LogP) is 5.82. The molecule has 1 unspecified atom stereocenters. The van der Waals surface area contributed by atoms with E-state index in [0.29, 0.717) is 16.7 Å². The van der Waals surface area contributed by atoms with E-state index in [-0.39, 0.29) is 16.4 Å². The number of aromatic nitrogens is 3. The number of carboxylic acids is 1. The first-order valence-electron chi connectivity index (χ1n) is 10.8. The highest BCUT2D eigenvalue weighted by Gasteiger charge is 2.31. The zero-order valence-electron chi connectivity index (χ0n) is 20.1. The first-order chi connectivity index (χ1) is 17.7. The molecule has 1 N–H and O–H groups in total. The fourth-order valence-electron chi connectivity index (χ4n) is 3.02. The van der Waals surface area contributed by atoms with Gasteiger partial charge in [-0.15, -0.1) is 28.2 Å². The highest BCUT2D eigenvalue weighted by molar-refractivity contribution is 6.31. The highest BCUT2D eigenvalue weighted by atomic mass is 35.5. The van der Waals surface area contributed by atoms with Gasteiger partial charge in [0, 0.05) is 10.6 Å². The topological polar surface area (TPSA) is 137 Å². The molecule has 0 aliphatic carbocycles. The first kappa shape index (κ1) is 28.3. The third kappa shape index (κ3) is 7.13. The van der Waals surface area contributed by atoms with Crippen molar-refractivity contribution in [2.24, 2.45) is 5.41 Å². The van der Waals surface area contributed by atoms with Crippen LogP contribution in [-0.2, 0) is 14.3 Å². The van der Waals surface area contributed by atoms with Gasteiger partial charge in [-0.25, -0.2) is 4.79 Å². The molecule has 0 amide bonds. The van der Waals surface area contributed by atoms with Crippen LogP contribution in [-0.4, -0.2) is 45.2 Å². The monoisotopic (exact) mass is 552 g/mol. The van der Waals surface area contributed by atoms with Crippen molar-refractivity contribution in [1.29, 1.82) is 5.26 Å². The summed E-state index contributed by atoms with van der Waals surface area (Å²) < 4.78 is 51.1. The largest absolute Gasteiger partial charge is 0.573 e. The zero-order chi connectivity index (χ0) is 28.3. The Balaban J connectivity index is 1.82. The van der Waals surface area contributed by atoms with E-state index >= 15 is 0 Å². The van der Waals surface area contributed by atoms with Crippen molar-refractivity contribution in [1.82, 2.24) is 15.0 Å². The Bertz CT molecular complexity index is 1380. The van der Waals surface area contributed by atoms with Crippen molar-refractivity contribution in [3.63, 3.8) is 0 Å². The number of carbonyl (C=O) groups excluding carboxylic acids is 1. The number of benzene rings is 2. The van der Waals surface area contributed by atoms with Crippen molar-refractivity contribution in [2.75, 3.05) is 6.61 Å². The second kappa shape index (κ2) is 11.0. The minimum absolute atomic E-state index is 0.101. The van der Waals surface area contributed by atoms with Gasteiger partial charge in [0.2, 0.25) is 6.23 Å². The lowest BCUT2D eigenvalue weighted by molar-refractivity contribution is -0.274. The lowest BCUT2D eigenvalue weighted by Gasteiger charge is -2.19. The van der Waals surface area contributed by atoms with Gasteiger partial charge in [0.15, 0.2) is 5.69 Å². The van der Waals surface area contributed by atoms with Crippen molar-refractivity contribution in [2.45, 2.75) is 33.4 Å². The number of aliphatic carboxylic acids is 1. The molecule has 1 atom stereocenters. The molecule has 0 aliphatic rings. The molecule has 2 aromatic carbocycles. The molecule has 0 saturated carbocycles. The molecular weight excluding hydrogens is 533 g/mol. The van der Waals surface area contributed by atoms with Gasteiger partial charge in [-0.3, -0.25) is 4.79 Å². The molecule has 0 fully saturated rings. The number of hydrogen-bond donors (Lipinski definition) is 1. The fraction of sp³-hybridized carbons (Fsp3) is 0.292. The van der Waals surface area contributed by atoms with E-state index in [4.69, 9.17) is 26.2 Å². The highest BCUT2D eigenvalue weighted by Crippen LogP contribution is 2.32. The lowest BCUT2D eigenvalue weighted by atomic mass is 9.95. The van der Waals surface area contributed by atoms with Crippen LogP contribution in [0.5, 0.6) is 5.75 Å². The Labute approximate surface area is 219 Å². The van der Waals surface area contributed by atoms with Crippen LogP contribution in [0.15, 0.2) is 42.5 Å². The van der Waals surface area contributed by atoms with Crippen LogP contribution < -0.4 is 4.74 Å². The maximum Gasteiger partial charge on any atom is 0.573 e. The van der Waals surface area contributed by atoms with E-state index in [1.54, 1.807) is 12.1 Å². The molecule has 1 aromatic heterocycles. The van der Waals surface area contributed by atoms with Crippen molar-refractivity contribution < 1.29 is 42.1 Å². The van der Waals surface area contributed by atoms with Crippen LogP contribution in [0.3, 0.4) is 0 Å². The number of carbonyl (C=O) groups is 2. The Hall–Kier alpha value is -4.31. The first-order valence-corrected chi connectivity index (χ1v) is 11.2. The van der Waals surface area contributed by atoms with Gasteiger partial charge in [-0.1, -0.05) is 23.7 Å². The van der Waals surface area contributed by atoms with E-state index in [1.165, 1.54) is 39.0 Å². The summed E-state index contributed by atoms with van der Waals surface area (Å²) in [6.07, 6.45) is -7.11. The lowest BCUT2D eigenvalue weighted by Crippen LogP contribution is -2.31. The molecule has 0 saturated heterocycles. The standard InChI is InChI=1S/C24H20ClF3N4O6/c1-13(37-22(35)36-12-23(2,3)21(33)34)32-30-19(11-29)20(31-32)16-8-15(9-17(25)10-16)14-4-6-18(7-5-14)38-24(26,27)28/h4-10,13H,12H2,1-3H3,(H,33,34). The second-order valence-corrected chi connectivity index (χ2v) is 9.01. The number of halogens is 4. The molecule has 200 valence electrons. The molecule has 0 spiro atoms. The van der Waals surface area contributed by atoms with Crippen LogP contribution in [0.4, 0.5) is 18.0 Å². The van der Waals surface area contributed by atoms with Crippen LogP contribution in [0.1, 0.15) is 32.7 Å². The molecule has 3 rings (SSSR count). The van der Waals surface area contributed by atoms with Gasteiger partial charge in [-0.2, -0.15) is 5.26 Å². The fourth-order valence-corrected chi connectivity index (χ4v) is 3.25. The average molecular weight is 553 g/mol. The molecule has 0 bridgehead atoms. The van der Waals surface area contributed by atoms with Crippen molar-refractivity contribution in [3.8, 4) is 34.2 Å². The van der Waals surface area contributed by atoms with Gasteiger partial charge < -0.3 is 19.3 Å². The number of hydrogen-bond acceptors (Lipinski definition) is 8. The molecule has 0 radical (unpaired) electrons. The summed E-state index contributed by atoms with van der Waals surface area (Å²) in [5.41, 5.74) is 0.0378. The molecule has 0 aliphatic heterocycles. The summed E-state index contributed by atoms with van der Waals surface area (Å²) in [6, 6.07) is 11.7. The maximum atomic E-state index is 12.4. The molecule has 3 aromatic rings. The van der Waals surface area contributed by atoms with Gasteiger partial charge in [0.25, 0.3) is 0 Å². The summed E-state index contributed by atoms with van der Waals surface area (Å²) in [5.74, 6) is -1.56. The predicted molar refractivity (Wildman–Crippen MR) is 126 cm³/mol. The summed E-state index contributed by atoms with van der Waals surface area (Å²) >= 11 is 6.26. The van der Waals surface area contributed by atoms with Crippen LogP contribution in [0.2, 0.25) is 5.02 Å². The van der Waals surface area contributed by atoms with E-state index in [9.17, 15) is 28.0 Å². The van der Waals surface area contributed by atoms with E-state index in [1.807, 2.05) is 6.07 Å². The van der Waals surface area contributed by atoms with Gasteiger partial charge in [-0.05, 0) is 62.2 Å². The molecule has 10 nitrogen and oxygen atoms in total. The van der Waals surface area contributed by atoms with Crippen LogP contribution in [0, 0.1) is 16.7 Å². The molecule has 38 heavy (non-hydrogen) atoms. The molecular formula is C24H20ClF3N4O6. The number of nitriles is 1. The van der Waals surface area contributed by atoms with Gasteiger partial charge in [0.1, 0.15) is 24.1 Å². The number of ether oxygens (including phenoxy) is 3. The maximum absolute atomic E-state index is 12.4. The Morgan fingerprint density at radius 3 is 2.32 bits per heavy atom. The number of rotatable bonds is 8. The zero-order valence-corrected chi connectivity index (χ0v) is 20.9. The minimum atomic E-state index is -4.82. The Kier molecular flexibility index (Phi) is 8.16. The van der Waals surface area contributed by atoms with Crippen molar-refractivity contribution in [3.05, 3.63) is 53.2 Å². The summed E-state index contributed by atoms with van der Waals surface area (Å²) in [4.78, 5) is 24.1.